The van der Waals surface area contributed by atoms with E-state index in [1.807, 2.05) is 6.92 Å². The smallest absolute Gasteiger partial charge is 0.325 e. The lowest BCUT2D eigenvalue weighted by molar-refractivity contribution is -0.137. The van der Waals surface area contributed by atoms with E-state index in [0.717, 1.165) is 0 Å². The van der Waals surface area contributed by atoms with E-state index in [1.165, 1.54) is 20.2 Å². The Kier molecular flexibility index (Phi) is 4.56. The van der Waals surface area contributed by atoms with Crippen molar-refractivity contribution in [3.05, 3.63) is 12.3 Å². The van der Waals surface area contributed by atoms with Crippen molar-refractivity contribution < 1.29 is 19.4 Å². The molecule has 0 aliphatic rings. The van der Waals surface area contributed by atoms with Crippen LogP contribution in [-0.4, -0.2) is 35.8 Å². The Morgan fingerprint density at radius 2 is 2.35 bits per heavy atom. The van der Waals surface area contributed by atoms with Crippen LogP contribution in [0, 0.1) is 0 Å². The van der Waals surface area contributed by atoms with Gasteiger partial charge in [0.25, 0.3) is 0 Å². The largest absolute Gasteiger partial charge is 0.493 e. The highest BCUT2D eigenvalue weighted by atomic mass is 16.5. The van der Waals surface area contributed by atoms with E-state index in [2.05, 4.69) is 10.3 Å². The number of hydrogen-bond acceptors (Lipinski definition) is 5. The lowest BCUT2D eigenvalue weighted by atomic mass is 10.3. The van der Waals surface area contributed by atoms with E-state index in [4.69, 9.17) is 14.6 Å². The first kappa shape index (κ1) is 13.1. The van der Waals surface area contributed by atoms with Crippen LogP contribution in [0.4, 0.5) is 5.82 Å². The summed E-state index contributed by atoms with van der Waals surface area (Å²) in [7, 11) is 1.52. The summed E-state index contributed by atoms with van der Waals surface area (Å²) in [5.74, 6) is 0.339. The van der Waals surface area contributed by atoms with E-state index < -0.39 is 12.0 Å². The second kappa shape index (κ2) is 5.93. The summed E-state index contributed by atoms with van der Waals surface area (Å²) in [6.07, 6.45) is 1.53. The maximum Gasteiger partial charge on any atom is 0.325 e. The zero-order valence-corrected chi connectivity index (χ0v) is 10.1. The van der Waals surface area contributed by atoms with Gasteiger partial charge in [-0.05, 0) is 13.8 Å². The second-order valence-corrected chi connectivity index (χ2v) is 3.33. The van der Waals surface area contributed by atoms with Crippen LogP contribution < -0.4 is 14.8 Å². The Bertz CT molecular complexity index is 395. The van der Waals surface area contributed by atoms with E-state index in [-0.39, 0.29) is 0 Å². The second-order valence-electron chi connectivity index (χ2n) is 3.33. The molecule has 0 bridgehead atoms. The molecule has 0 aliphatic carbocycles. The van der Waals surface area contributed by atoms with Crippen LogP contribution in [0.5, 0.6) is 11.5 Å². The van der Waals surface area contributed by atoms with Gasteiger partial charge in [-0.2, -0.15) is 0 Å². The van der Waals surface area contributed by atoms with Gasteiger partial charge in [-0.1, -0.05) is 0 Å². The number of carboxylic acids is 1. The zero-order chi connectivity index (χ0) is 12.8. The molecule has 1 aromatic rings. The molecule has 1 unspecified atom stereocenters. The third-order valence-electron chi connectivity index (χ3n) is 2.10. The van der Waals surface area contributed by atoms with Gasteiger partial charge in [-0.15, -0.1) is 0 Å². The molecule has 6 nitrogen and oxygen atoms in total. The average Bonchev–Trinajstić information content (AvgIpc) is 2.31. The third-order valence-corrected chi connectivity index (χ3v) is 2.10. The molecule has 0 saturated heterocycles. The number of carboxylic acid groups (broad SMARTS) is 1. The Hall–Kier alpha value is -1.98. The van der Waals surface area contributed by atoms with Gasteiger partial charge in [-0.3, -0.25) is 4.79 Å². The van der Waals surface area contributed by atoms with Crippen LogP contribution in [-0.2, 0) is 4.79 Å². The third kappa shape index (κ3) is 3.24. The predicted octanol–water partition coefficient (Wildman–Crippen LogP) is 1.37. The van der Waals surface area contributed by atoms with Gasteiger partial charge in [0.2, 0.25) is 5.75 Å². The molecular weight excluding hydrogens is 224 g/mol. The van der Waals surface area contributed by atoms with Crippen molar-refractivity contribution in [2.24, 2.45) is 0 Å². The molecule has 0 amide bonds. The van der Waals surface area contributed by atoms with Gasteiger partial charge in [0.15, 0.2) is 11.6 Å². The number of carbonyl (C=O) groups is 1. The Labute approximate surface area is 99.6 Å². The molecule has 1 heterocycles. The van der Waals surface area contributed by atoms with Crippen LogP contribution in [0.3, 0.4) is 0 Å². The molecule has 0 aromatic carbocycles. The number of nitrogens with one attached hydrogen (secondary N) is 1. The van der Waals surface area contributed by atoms with Gasteiger partial charge in [0.05, 0.1) is 13.7 Å². The van der Waals surface area contributed by atoms with E-state index in [0.29, 0.717) is 23.9 Å². The molecule has 0 radical (unpaired) electrons. The number of ether oxygens (including phenoxy) is 2. The number of aliphatic carboxylic acids is 1. The number of rotatable bonds is 6. The fraction of sp³-hybridized carbons (Fsp3) is 0.455. The van der Waals surface area contributed by atoms with Crippen molar-refractivity contribution >= 4 is 11.8 Å². The Morgan fingerprint density at radius 1 is 1.65 bits per heavy atom. The first-order valence-corrected chi connectivity index (χ1v) is 5.25. The highest BCUT2D eigenvalue weighted by molar-refractivity contribution is 5.77. The monoisotopic (exact) mass is 240 g/mol. The van der Waals surface area contributed by atoms with Gasteiger partial charge in [-0.25, -0.2) is 4.98 Å². The summed E-state index contributed by atoms with van der Waals surface area (Å²) >= 11 is 0. The molecule has 0 aliphatic heterocycles. The molecule has 0 saturated carbocycles. The summed E-state index contributed by atoms with van der Waals surface area (Å²) < 4.78 is 10.5. The summed E-state index contributed by atoms with van der Waals surface area (Å²) in [4.78, 5) is 14.8. The molecule has 6 heteroatoms. The highest BCUT2D eigenvalue weighted by Crippen LogP contribution is 2.33. The average molecular weight is 240 g/mol. The van der Waals surface area contributed by atoms with Crippen LogP contribution in [0.1, 0.15) is 13.8 Å². The van der Waals surface area contributed by atoms with Crippen molar-refractivity contribution in [1.82, 2.24) is 4.98 Å². The molecular formula is C11H16N2O4. The number of nitrogens with zero attached hydrogens (tertiary/aromatic N) is 1. The molecule has 17 heavy (non-hydrogen) atoms. The molecule has 94 valence electrons. The Morgan fingerprint density at radius 3 is 2.88 bits per heavy atom. The van der Waals surface area contributed by atoms with Gasteiger partial charge in [0, 0.05) is 12.3 Å². The topological polar surface area (TPSA) is 80.7 Å². The summed E-state index contributed by atoms with van der Waals surface area (Å²) in [6, 6.07) is 0.899. The fourth-order valence-corrected chi connectivity index (χ4v) is 1.24. The highest BCUT2D eigenvalue weighted by Gasteiger charge is 2.17. The van der Waals surface area contributed by atoms with Crippen LogP contribution in [0.15, 0.2) is 12.3 Å². The van der Waals surface area contributed by atoms with E-state index in [1.54, 1.807) is 6.07 Å². The van der Waals surface area contributed by atoms with Crippen LogP contribution >= 0.6 is 0 Å². The lowest BCUT2D eigenvalue weighted by Gasteiger charge is -2.16. The van der Waals surface area contributed by atoms with Crippen molar-refractivity contribution in [2.45, 2.75) is 19.9 Å². The lowest BCUT2D eigenvalue weighted by Crippen LogP contribution is -2.26. The minimum atomic E-state index is -0.961. The number of methoxy groups -OCH3 is 1. The zero-order valence-electron chi connectivity index (χ0n) is 10.1. The minimum Gasteiger partial charge on any atom is -0.493 e. The molecule has 1 aromatic heterocycles. The maximum atomic E-state index is 10.8. The Balaban J connectivity index is 3.00. The quantitative estimate of drug-likeness (QED) is 0.781. The van der Waals surface area contributed by atoms with Crippen molar-refractivity contribution in [3.8, 4) is 11.5 Å². The normalized spacial score (nSPS) is 11.7. The SMILES string of the molecule is CCOc1c(OC)ccnc1NC(C)C(=O)O. The molecule has 0 fully saturated rings. The number of aromatic nitrogens is 1. The number of pyridine rings is 1. The molecule has 1 rings (SSSR count). The molecule has 1 atom stereocenters. The summed E-state index contributed by atoms with van der Waals surface area (Å²) in [6.45, 7) is 3.80. The molecule has 2 N–H and O–H groups in total. The maximum absolute atomic E-state index is 10.8. The number of hydrogen-bond donors (Lipinski definition) is 2. The molecule has 0 spiro atoms. The van der Waals surface area contributed by atoms with Gasteiger partial charge < -0.3 is 19.9 Å². The van der Waals surface area contributed by atoms with Crippen molar-refractivity contribution in [2.75, 3.05) is 19.0 Å². The van der Waals surface area contributed by atoms with Crippen LogP contribution in [0.25, 0.3) is 0 Å². The van der Waals surface area contributed by atoms with Gasteiger partial charge >= 0.3 is 5.97 Å². The van der Waals surface area contributed by atoms with Crippen molar-refractivity contribution in [1.29, 1.82) is 0 Å². The number of anilines is 1. The standard InChI is InChI=1S/C11H16N2O4/c1-4-17-9-8(16-3)5-6-12-10(9)13-7(2)11(14)15/h5-7H,4H2,1-3H3,(H,12,13)(H,14,15). The minimum absolute atomic E-state index is 0.362. The summed E-state index contributed by atoms with van der Waals surface area (Å²) in [5, 5.41) is 11.6. The first-order chi connectivity index (χ1) is 8.10. The van der Waals surface area contributed by atoms with E-state index >= 15 is 0 Å². The van der Waals surface area contributed by atoms with Gasteiger partial charge in [0.1, 0.15) is 6.04 Å². The first-order valence-electron chi connectivity index (χ1n) is 5.25. The predicted molar refractivity (Wildman–Crippen MR) is 62.7 cm³/mol. The van der Waals surface area contributed by atoms with Crippen molar-refractivity contribution in [3.63, 3.8) is 0 Å². The fourth-order valence-electron chi connectivity index (χ4n) is 1.24. The van der Waals surface area contributed by atoms with Crippen LogP contribution in [0.2, 0.25) is 0 Å². The summed E-state index contributed by atoms with van der Waals surface area (Å²) in [5.41, 5.74) is 0. The van der Waals surface area contributed by atoms with E-state index in [9.17, 15) is 4.79 Å².